The molecule has 6 heteroatoms. The Morgan fingerprint density at radius 3 is 2.50 bits per heavy atom. The molecule has 0 heterocycles. The molecule has 0 fully saturated rings. The van der Waals surface area contributed by atoms with E-state index in [-0.39, 0.29) is 13.2 Å². The van der Waals surface area contributed by atoms with Gasteiger partial charge in [-0.3, -0.25) is 4.79 Å². The van der Waals surface area contributed by atoms with Crippen LogP contribution in [0, 0.1) is 13.8 Å². The number of carbonyl (C=O) groups excluding carboxylic acids is 2. The number of hydrogen-bond donors (Lipinski definition) is 1. The topological polar surface area (TPSA) is 73.9 Å². The molecule has 0 aliphatic carbocycles. The maximum atomic E-state index is 12.0. The third-order valence-electron chi connectivity index (χ3n) is 3.91. The molecular formula is C22H25NO5. The molecule has 0 spiro atoms. The number of rotatable bonds is 8. The predicted molar refractivity (Wildman–Crippen MR) is 109 cm³/mol. The van der Waals surface area contributed by atoms with Crippen molar-refractivity contribution < 1.29 is 23.8 Å². The summed E-state index contributed by atoms with van der Waals surface area (Å²) in [6.07, 6.45) is 3.84. The Morgan fingerprint density at radius 1 is 1.04 bits per heavy atom. The zero-order chi connectivity index (χ0) is 20.5. The number of hydrogen-bond acceptors (Lipinski definition) is 5. The number of amides is 1. The highest BCUT2D eigenvalue weighted by Crippen LogP contribution is 2.28. The van der Waals surface area contributed by atoms with E-state index in [2.05, 4.69) is 5.32 Å². The summed E-state index contributed by atoms with van der Waals surface area (Å²) in [6, 6.07) is 11.0. The molecule has 0 aliphatic heterocycles. The van der Waals surface area contributed by atoms with Crippen molar-refractivity contribution >= 4 is 23.6 Å². The van der Waals surface area contributed by atoms with E-state index in [9.17, 15) is 9.59 Å². The van der Waals surface area contributed by atoms with E-state index in [4.69, 9.17) is 14.2 Å². The molecule has 2 rings (SSSR count). The number of aryl methyl sites for hydroxylation is 2. The van der Waals surface area contributed by atoms with Gasteiger partial charge < -0.3 is 19.5 Å². The lowest BCUT2D eigenvalue weighted by Crippen LogP contribution is -2.24. The summed E-state index contributed by atoms with van der Waals surface area (Å²) in [4.78, 5) is 23.8. The molecule has 1 amide bonds. The van der Waals surface area contributed by atoms with Gasteiger partial charge in [-0.1, -0.05) is 35.9 Å². The summed E-state index contributed by atoms with van der Waals surface area (Å²) in [6.45, 7) is 5.09. The zero-order valence-corrected chi connectivity index (χ0v) is 16.6. The summed E-state index contributed by atoms with van der Waals surface area (Å²) >= 11 is 0. The fourth-order valence-electron chi connectivity index (χ4n) is 2.56. The Morgan fingerprint density at radius 2 is 1.82 bits per heavy atom. The molecule has 148 valence electrons. The van der Waals surface area contributed by atoms with Gasteiger partial charge in [0.05, 0.1) is 7.11 Å². The molecule has 1 N–H and O–H groups in total. The highest BCUT2D eigenvalue weighted by molar-refractivity contribution is 5.93. The summed E-state index contributed by atoms with van der Waals surface area (Å²) in [5, 5.41) is 2.72. The molecule has 0 atom stereocenters. The van der Waals surface area contributed by atoms with Crippen molar-refractivity contribution in [3.8, 4) is 11.5 Å². The van der Waals surface area contributed by atoms with Crippen LogP contribution < -0.4 is 14.8 Å². The van der Waals surface area contributed by atoms with Gasteiger partial charge in [-0.2, -0.15) is 0 Å². The Balaban J connectivity index is 1.83. The molecule has 6 nitrogen and oxygen atoms in total. The van der Waals surface area contributed by atoms with Crippen LogP contribution in [0.15, 0.2) is 42.5 Å². The number of carbonyl (C=O) groups is 2. The first kappa shape index (κ1) is 21.0. The number of ether oxygens (including phenoxy) is 3. The van der Waals surface area contributed by atoms with Gasteiger partial charge in [0.2, 0.25) is 0 Å². The van der Waals surface area contributed by atoms with Gasteiger partial charge in [0.25, 0.3) is 5.91 Å². The van der Waals surface area contributed by atoms with Crippen molar-refractivity contribution in [2.45, 2.75) is 20.8 Å². The second-order valence-electron chi connectivity index (χ2n) is 6.23. The van der Waals surface area contributed by atoms with Crippen LogP contribution in [0.3, 0.4) is 0 Å². The van der Waals surface area contributed by atoms with Crippen LogP contribution in [-0.2, 0) is 14.3 Å². The Kier molecular flexibility index (Phi) is 7.63. The summed E-state index contributed by atoms with van der Waals surface area (Å²) in [5.74, 6) is -0.118. The van der Waals surface area contributed by atoms with E-state index in [1.165, 1.54) is 7.11 Å². The average Bonchev–Trinajstić information content (AvgIpc) is 2.67. The Hall–Kier alpha value is -3.28. The number of anilines is 1. The van der Waals surface area contributed by atoms with E-state index < -0.39 is 11.9 Å². The average molecular weight is 383 g/mol. The quantitative estimate of drug-likeness (QED) is 0.700. The molecule has 0 saturated carbocycles. The Bertz CT molecular complexity index is 873. The number of allylic oxidation sites excluding steroid dienone is 1. The lowest BCUT2D eigenvalue weighted by atomic mass is 10.1. The molecule has 0 unspecified atom stereocenters. The highest BCUT2D eigenvalue weighted by atomic mass is 16.6. The maximum absolute atomic E-state index is 12.0. The minimum Gasteiger partial charge on any atom is -0.493 e. The normalized spacial score (nSPS) is 10.6. The number of benzene rings is 2. The summed E-state index contributed by atoms with van der Waals surface area (Å²) in [7, 11) is 1.53. The summed E-state index contributed by atoms with van der Waals surface area (Å²) < 4.78 is 15.7. The summed E-state index contributed by atoms with van der Waals surface area (Å²) in [5.41, 5.74) is 3.69. The van der Waals surface area contributed by atoms with Gasteiger partial charge in [0, 0.05) is 5.69 Å². The third-order valence-corrected chi connectivity index (χ3v) is 3.91. The largest absolute Gasteiger partial charge is 0.493 e. The van der Waals surface area contributed by atoms with Crippen LogP contribution in [0.1, 0.15) is 23.6 Å². The SMILES string of the molecule is C/C=C/c1ccc(OCC(=O)OCC(=O)Nc2ccc(C)cc2C)c(OC)c1. The van der Waals surface area contributed by atoms with Crippen molar-refractivity contribution in [1.29, 1.82) is 0 Å². The highest BCUT2D eigenvalue weighted by Gasteiger charge is 2.12. The fraction of sp³-hybridized carbons (Fsp3) is 0.273. The van der Waals surface area contributed by atoms with Crippen LogP contribution in [-0.4, -0.2) is 32.2 Å². The second-order valence-corrected chi connectivity index (χ2v) is 6.23. The van der Waals surface area contributed by atoms with Crippen molar-refractivity contribution in [3.63, 3.8) is 0 Å². The van der Waals surface area contributed by atoms with Crippen molar-refractivity contribution in [2.75, 3.05) is 25.6 Å². The van der Waals surface area contributed by atoms with Gasteiger partial charge in [-0.15, -0.1) is 0 Å². The van der Waals surface area contributed by atoms with Crippen molar-refractivity contribution in [1.82, 2.24) is 0 Å². The third kappa shape index (κ3) is 6.16. The predicted octanol–water partition coefficient (Wildman–Crippen LogP) is 3.91. The second kappa shape index (κ2) is 10.2. The zero-order valence-electron chi connectivity index (χ0n) is 16.6. The van der Waals surface area contributed by atoms with Gasteiger partial charge in [-0.05, 0) is 50.1 Å². The fourth-order valence-corrected chi connectivity index (χ4v) is 2.56. The minimum atomic E-state index is -0.643. The van der Waals surface area contributed by atoms with E-state index in [1.807, 2.05) is 57.2 Å². The first-order valence-corrected chi connectivity index (χ1v) is 8.89. The van der Waals surface area contributed by atoms with Gasteiger partial charge in [-0.25, -0.2) is 4.79 Å². The number of nitrogens with one attached hydrogen (secondary N) is 1. The smallest absolute Gasteiger partial charge is 0.344 e. The number of esters is 1. The van der Waals surface area contributed by atoms with Crippen LogP contribution in [0.4, 0.5) is 5.69 Å². The van der Waals surface area contributed by atoms with E-state index in [0.29, 0.717) is 17.2 Å². The number of methoxy groups -OCH3 is 1. The monoisotopic (exact) mass is 383 g/mol. The molecule has 28 heavy (non-hydrogen) atoms. The molecule has 0 bridgehead atoms. The molecule has 2 aromatic rings. The lowest BCUT2D eigenvalue weighted by molar-refractivity contribution is -0.149. The van der Waals surface area contributed by atoms with Crippen LogP contribution >= 0.6 is 0 Å². The van der Waals surface area contributed by atoms with Crippen LogP contribution in [0.2, 0.25) is 0 Å². The van der Waals surface area contributed by atoms with E-state index in [1.54, 1.807) is 12.1 Å². The lowest BCUT2D eigenvalue weighted by Gasteiger charge is -2.12. The minimum absolute atomic E-state index is 0.323. The van der Waals surface area contributed by atoms with Crippen LogP contribution in [0.5, 0.6) is 11.5 Å². The Labute approximate surface area is 165 Å². The van der Waals surface area contributed by atoms with E-state index in [0.717, 1.165) is 16.7 Å². The van der Waals surface area contributed by atoms with Crippen LogP contribution in [0.25, 0.3) is 6.08 Å². The van der Waals surface area contributed by atoms with Crippen molar-refractivity contribution in [3.05, 3.63) is 59.2 Å². The molecule has 0 aliphatic rings. The standard InChI is InChI=1S/C22H25NO5/c1-5-6-17-8-10-19(20(12-17)26-4)27-14-22(25)28-13-21(24)23-18-9-7-15(2)11-16(18)3/h5-12H,13-14H2,1-4H3,(H,23,24)/b6-5+. The molecule has 2 aromatic carbocycles. The van der Waals surface area contributed by atoms with E-state index >= 15 is 0 Å². The maximum Gasteiger partial charge on any atom is 0.344 e. The molecule has 0 aromatic heterocycles. The van der Waals surface area contributed by atoms with Gasteiger partial charge in [0.1, 0.15) is 0 Å². The molecule has 0 saturated heterocycles. The molecule has 0 radical (unpaired) electrons. The van der Waals surface area contributed by atoms with Gasteiger partial charge in [0.15, 0.2) is 24.7 Å². The first-order chi connectivity index (χ1) is 13.4. The van der Waals surface area contributed by atoms with Crippen molar-refractivity contribution in [2.24, 2.45) is 0 Å². The van der Waals surface area contributed by atoms with Gasteiger partial charge >= 0.3 is 5.97 Å². The first-order valence-electron chi connectivity index (χ1n) is 8.89. The molecular weight excluding hydrogens is 358 g/mol.